The van der Waals surface area contributed by atoms with Gasteiger partial charge in [0.25, 0.3) is 0 Å². The van der Waals surface area contributed by atoms with E-state index in [1.165, 1.54) is 30.4 Å². The van der Waals surface area contributed by atoms with Crippen LogP contribution in [0.1, 0.15) is 45.4 Å². The Kier molecular flexibility index (Phi) is 1.78. The first-order valence-corrected chi connectivity index (χ1v) is 6.02. The van der Waals surface area contributed by atoms with Crippen molar-refractivity contribution in [3.63, 3.8) is 0 Å². The first-order chi connectivity index (χ1) is 7.10. The standard InChI is InChI=1S/C14H18O/c1-9-3-4-10-5-6-14(2)8-12(15)11(7-9)13(10)14/h11H,1,3-8H2,2H3. The maximum atomic E-state index is 12.0. The van der Waals surface area contributed by atoms with Crippen molar-refractivity contribution in [2.75, 3.05) is 0 Å². The summed E-state index contributed by atoms with van der Waals surface area (Å²) in [6.07, 6.45) is 6.47. The third kappa shape index (κ3) is 1.18. The van der Waals surface area contributed by atoms with Crippen LogP contribution in [0.2, 0.25) is 0 Å². The Morgan fingerprint density at radius 2 is 2.13 bits per heavy atom. The molecule has 1 heteroatoms. The highest BCUT2D eigenvalue weighted by Crippen LogP contribution is 2.57. The lowest BCUT2D eigenvalue weighted by molar-refractivity contribution is -0.120. The van der Waals surface area contributed by atoms with Crippen molar-refractivity contribution in [3.05, 3.63) is 23.3 Å². The fraction of sp³-hybridized carbons (Fsp3) is 0.643. The summed E-state index contributed by atoms with van der Waals surface area (Å²) >= 11 is 0. The topological polar surface area (TPSA) is 17.1 Å². The van der Waals surface area contributed by atoms with Crippen molar-refractivity contribution in [1.82, 2.24) is 0 Å². The van der Waals surface area contributed by atoms with E-state index < -0.39 is 0 Å². The Morgan fingerprint density at radius 1 is 1.33 bits per heavy atom. The van der Waals surface area contributed by atoms with E-state index in [1.807, 2.05) is 0 Å². The van der Waals surface area contributed by atoms with Crippen molar-refractivity contribution in [1.29, 1.82) is 0 Å². The lowest BCUT2D eigenvalue weighted by atomic mass is 9.83. The monoisotopic (exact) mass is 202 g/mol. The summed E-state index contributed by atoms with van der Waals surface area (Å²) in [5, 5.41) is 0. The van der Waals surface area contributed by atoms with Gasteiger partial charge in [0.2, 0.25) is 0 Å². The minimum absolute atomic E-state index is 0.225. The molecule has 80 valence electrons. The molecule has 0 aromatic heterocycles. The normalized spacial score (nSPS) is 39.7. The molecule has 0 amide bonds. The van der Waals surface area contributed by atoms with Gasteiger partial charge in [-0.15, -0.1) is 0 Å². The summed E-state index contributed by atoms with van der Waals surface area (Å²) in [7, 11) is 0. The molecule has 0 aromatic rings. The van der Waals surface area contributed by atoms with E-state index >= 15 is 0 Å². The molecule has 1 nitrogen and oxygen atoms in total. The van der Waals surface area contributed by atoms with E-state index in [2.05, 4.69) is 13.5 Å². The van der Waals surface area contributed by atoms with Crippen molar-refractivity contribution in [2.24, 2.45) is 11.3 Å². The van der Waals surface area contributed by atoms with Crippen molar-refractivity contribution < 1.29 is 4.79 Å². The number of rotatable bonds is 0. The fourth-order valence-electron chi connectivity index (χ4n) is 3.84. The Hall–Kier alpha value is -0.850. The van der Waals surface area contributed by atoms with Gasteiger partial charge in [0.15, 0.2) is 0 Å². The summed E-state index contributed by atoms with van der Waals surface area (Å²) in [5.74, 6) is 0.704. The molecule has 15 heavy (non-hydrogen) atoms. The maximum Gasteiger partial charge on any atom is 0.141 e. The summed E-state index contributed by atoms with van der Waals surface area (Å²) in [5.41, 5.74) is 4.66. The van der Waals surface area contributed by atoms with Crippen LogP contribution < -0.4 is 0 Å². The molecule has 2 atom stereocenters. The molecule has 0 heterocycles. The van der Waals surface area contributed by atoms with Crippen LogP contribution in [0.15, 0.2) is 23.3 Å². The third-order valence-electron chi connectivity index (χ3n) is 4.58. The molecule has 0 spiro atoms. The lowest BCUT2D eigenvalue weighted by Gasteiger charge is -2.20. The van der Waals surface area contributed by atoms with E-state index in [1.54, 1.807) is 5.57 Å². The lowest BCUT2D eigenvalue weighted by Crippen LogP contribution is -2.11. The van der Waals surface area contributed by atoms with Crippen LogP contribution in [-0.2, 0) is 4.79 Å². The highest BCUT2D eigenvalue weighted by Gasteiger charge is 2.50. The molecule has 0 bridgehead atoms. The first kappa shape index (κ1) is 9.38. The van der Waals surface area contributed by atoms with E-state index in [0.29, 0.717) is 5.78 Å². The van der Waals surface area contributed by atoms with Gasteiger partial charge in [0.1, 0.15) is 5.78 Å². The predicted octanol–water partition coefficient (Wildman–Crippen LogP) is 3.41. The number of carbonyl (C=O) groups is 1. The molecule has 3 aliphatic carbocycles. The van der Waals surface area contributed by atoms with Crippen LogP contribution in [0, 0.1) is 11.3 Å². The number of carbonyl (C=O) groups excluding carboxylic acids is 1. The van der Waals surface area contributed by atoms with Gasteiger partial charge < -0.3 is 0 Å². The molecule has 0 N–H and O–H groups in total. The average molecular weight is 202 g/mol. The minimum atomic E-state index is 0.225. The van der Waals surface area contributed by atoms with Gasteiger partial charge >= 0.3 is 0 Å². The fourth-order valence-corrected chi connectivity index (χ4v) is 3.84. The van der Waals surface area contributed by atoms with Crippen LogP contribution in [0.25, 0.3) is 0 Å². The number of hydrogen-bond donors (Lipinski definition) is 0. The average Bonchev–Trinajstić information content (AvgIpc) is 2.51. The molecule has 0 radical (unpaired) electrons. The van der Waals surface area contributed by atoms with Crippen LogP contribution in [-0.4, -0.2) is 5.78 Å². The smallest absolute Gasteiger partial charge is 0.141 e. The quantitative estimate of drug-likeness (QED) is 0.550. The summed E-state index contributed by atoms with van der Waals surface area (Å²) < 4.78 is 0. The van der Waals surface area contributed by atoms with Crippen molar-refractivity contribution in [3.8, 4) is 0 Å². The maximum absolute atomic E-state index is 12.0. The highest BCUT2D eigenvalue weighted by molar-refractivity contribution is 5.90. The van der Waals surface area contributed by atoms with Gasteiger partial charge in [-0.25, -0.2) is 0 Å². The zero-order valence-electron chi connectivity index (χ0n) is 9.44. The predicted molar refractivity (Wildman–Crippen MR) is 60.5 cm³/mol. The van der Waals surface area contributed by atoms with E-state index in [-0.39, 0.29) is 11.3 Å². The number of ketones is 1. The van der Waals surface area contributed by atoms with E-state index in [9.17, 15) is 4.79 Å². The molecular weight excluding hydrogens is 184 g/mol. The zero-order valence-corrected chi connectivity index (χ0v) is 9.44. The third-order valence-corrected chi connectivity index (χ3v) is 4.58. The molecule has 0 aromatic carbocycles. The van der Waals surface area contributed by atoms with Crippen LogP contribution >= 0.6 is 0 Å². The molecule has 0 saturated heterocycles. The highest BCUT2D eigenvalue weighted by atomic mass is 16.1. The summed E-state index contributed by atoms with van der Waals surface area (Å²) in [4.78, 5) is 12.0. The molecule has 3 rings (SSSR count). The SMILES string of the molecule is C=C1CCC2=C3C(C1)C(=O)CC3(C)CC2. The van der Waals surface area contributed by atoms with E-state index in [4.69, 9.17) is 0 Å². The molecule has 2 unspecified atom stereocenters. The Balaban J connectivity index is 2.10. The van der Waals surface area contributed by atoms with Crippen LogP contribution in [0.3, 0.4) is 0 Å². The van der Waals surface area contributed by atoms with Gasteiger partial charge in [0, 0.05) is 12.3 Å². The number of Topliss-reactive ketones (excluding diaryl/α,β-unsaturated/α-hetero) is 1. The van der Waals surface area contributed by atoms with Gasteiger partial charge in [-0.3, -0.25) is 4.79 Å². The van der Waals surface area contributed by atoms with Crippen molar-refractivity contribution in [2.45, 2.75) is 45.4 Å². The largest absolute Gasteiger partial charge is 0.299 e. The minimum Gasteiger partial charge on any atom is -0.299 e. The first-order valence-electron chi connectivity index (χ1n) is 6.02. The Labute approximate surface area is 91.2 Å². The number of allylic oxidation sites excluding steroid dienone is 3. The second-order valence-electron chi connectivity index (χ2n) is 5.73. The van der Waals surface area contributed by atoms with Gasteiger partial charge in [-0.1, -0.05) is 30.2 Å². The molecule has 1 fully saturated rings. The summed E-state index contributed by atoms with van der Waals surface area (Å²) in [6.45, 7) is 6.39. The Bertz CT molecular complexity index is 388. The molecule has 1 saturated carbocycles. The summed E-state index contributed by atoms with van der Waals surface area (Å²) in [6, 6.07) is 0. The van der Waals surface area contributed by atoms with Crippen LogP contribution in [0.4, 0.5) is 0 Å². The van der Waals surface area contributed by atoms with Gasteiger partial charge in [-0.2, -0.15) is 0 Å². The molecule has 3 aliphatic rings. The van der Waals surface area contributed by atoms with E-state index in [0.717, 1.165) is 19.3 Å². The van der Waals surface area contributed by atoms with Gasteiger partial charge in [0.05, 0.1) is 0 Å². The molecule has 0 aliphatic heterocycles. The second-order valence-corrected chi connectivity index (χ2v) is 5.73. The van der Waals surface area contributed by atoms with Crippen molar-refractivity contribution >= 4 is 5.78 Å². The number of hydrogen-bond acceptors (Lipinski definition) is 1. The van der Waals surface area contributed by atoms with Gasteiger partial charge in [-0.05, 0) is 37.5 Å². The Morgan fingerprint density at radius 3 is 2.93 bits per heavy atom. The molecular formula is C14H18O. The zero-order chi connectivity index (χ0) is 10.6. The van der Waals surface area contributed by atoms with Crippen LogP contribution in [0.5, 0.6) is 0 Å². The second kappa shape index (κ2) is 2.84.